The van der Waals surface area contributed by atoms with Crippen LogP contribution in [-0.4, -0.2) is 4.57 Å². The second kappa shape index (κ2) is 12.9. The van der Waals surface area contributed by atoms with E-state index >= 15 is 0 Å². The van der Waals surface area contributed by atoms with Gasteiger partial charge in [-0.15, -0.1) is 0 Å². The van der Waals surface area contributed by atoms with Gasteiger partial charge < -0.3 is 13.9 Å². The number of anilines is 3. The zero-order valence-electron chi connectivity index (χ0n) is 30.2. The fraction of sp³-hybridized carbons (Fsp3) is 0. The zero-order valence-corrected chi connectivity index (χ0v) is 30.2. The lowest BCUT2D eigenvalue weighted by molar-refractivity contribution is 0.629. The van der Waals surface area contributed by atoms with Crippen LogP contribution >= 0.6 is 0 Å². The lowest BCUT2D eigenvalue weighted by Gasteiger charge is -2.26. The minimum absolute atomic E-state index is 0.260. The molecule has 2 aromatic heterocycles. The Bertz CT molecular complexity index is 3270. The SMILES string of the molecule is Fc1ccc2c3ccccc3n(-c3cccc(N(c4ccc(-c5ccc6ccccc6c5)cc4)c4ccc(-c5cccc6c5oc5ccccc56)cc4)c3)c2c1. The van der Waals surface area contributed by atoms with Crippen LogP contribution in [0.2, 0.25) is 0 Å². The Kier molecular flexibility index (Phi) is 7.36. The molecule has 0 saturated heterocycles. The second-order valence-corrected chi connectivity index (χ2v) is 14.3. The first-order chi connectivity index (χ1) is 27.7. The molecule has 0 bridgehead atoms. The average Bonchev–Trinajstić information content (AvgIpc) is 3.80. The van der Waals surface area contributed by atoms with E-state index in [1.165, 1.54) is 22.4 Å². The Morgan fingerprint density at radius 2 is 1.07 bits per heavy atom. The van der Waals surface area contributed by atoms with E-state index in [2.05, 4.69) is 167 Å². The van der Waals surface area contributed by atoms with Crippen molar-refractivity contribution in [2.45, 2.75) is 0 Å². The Balaban J connectivity index is 1.05. The molecule has 0 atom stereocenters. The van der Waals surface area contributed by atoms with Crippen LogP contribution in [0, 0.1) is 5.82 Å². The van der Waals surface area contributed by atoms with Crippen LogP contribution in [0.3, 0.4) is 0 Å². The van der Waals surface area contributed by atoms with Crippen molar-refractivity contribution >= 4 is 71.6 Å². The highest BCUT2D eigenvalue weighted by Gasteiger charge is 2.18. The Morgan fingerprint density at radius 3 is 1.91 bits per heavy atom. The molecule has 0 N–H and O–H groups in total. The molecule has 0 amide bonds. The number of hydrogen-bond donors (Lipinski definition) is 0. The monoisotopic (exact) mass is 720 g/mol. The second-order valence-electron chi connectivity index (χ2n) is 14.3. The highest BCUT2D eigenvalue weighted by Crippen LogP contribution is 2.41. The summed E-state index contributed by atoms with van der Waals surface area (Å²) in [6.07, 6.45) is 0. The average molecular weight is 721 g/mol. The van der Waals surface area contributed by atoms with Gasteiger partial charge in [0.2, 0.25) is 0 Å². The maximum atomic E-state index is 14.8. The van der Waals surface area contributed by atoms with E-state index in [9.17, 15) is 4.39 Å². The normalized spacial score (nSPS) is 11.7. The van der Waals surface area contributed by atoms with E-state index in [0.717, 1.165) is 83.2 Å². The maximum absolute atomic E-state index is 14.8. The summed E-state index contributed by atoms with van der Waals surface area (Å²) in [6, 6.07) is 68.9. The van der Waals surface area contributed by atoms with Crippen LogP contribution in [0.4, 0.5) is 21.5 Å². The third kappa shape index (κ3) is 5.26. The number of halogens is 1. The highest BCUT2D eigenvalue weighted by atomic mass is 19.1. The number of hydrogen-bond acceptors (Lipinski definition) is 2. The fourth-order valence-corrected chi connectivity index (χ4v) is 8.38. The number of rotatable bonds is 6. The molecule has 4 heteroatoms. The van der Waals surface area contributed by atoms with Crippen molar-refractivity contribution in [1.82, 2.24) is 4.57 Å². The molecule has 11 aromatic rings. The predicted octanol–water partition coefficient (Wildman–Crippen LogP) is 14.8. The number of fused-ring (bicyclic) bond motifs is 7. The van der Waals surface area contributed by atoms with Gasteiger partial charge in [-0.05, 0) is 106 Å². The molecule has 0 spiro atoms. The van der Waals surface area contributed by atoms with Gasteiger partial charge in [-0.2, -0.15) is 0 Å². The van der Waals surface area contributed by atoms with E-state index in [1.807, 2.05) is 30.3 Å². The smallest absolute Gasteiger partial charge is 0.143 e. The van der Waals surface area contributed by atoms with Crippen molar-refractivity contribution in [1.29, 1.82) is 0 Å². The molecule has 0 radical (unpaired) electrons. The van der Waals surface area contributed by atoms with Gasteiger partial charge in [0, 0.05) is 49.9 Å². The predicted molar refractivity (Wildman–Crippen MR) is 231 cm³/mol. The van der Waals surface area contributed by atoms with Crippen molar-refractivity contribution < 1.29 is 8.81 Å². The zero-order chi connectivity index (χ0) is 37.2. The third-order valence-electron chi connectivity index (χ3n) is 11.0. The highest BCUT2D eigenvalue weighted by molar-refractivity contribution is 6.10. The summed E-state index contributed by atoms with van der Waals surface area (Å²) in [4.78, 5) is 2.29. The van der Waals surface area contributed by atoms with Crippen LogP contribution in [-0.2, 0) is 0 Å². The number of benzene rings is 9. The van der Waals surface area contributed by atoms with Crippen molar-refractivity contribution in [3.63, 3.8) is 0 Å². The maximum Gasteiger partial charge on any atom is 0.143 e. The van der Waals surface area contributed by atoms with Crippen LogP contribution < -0.4 is 4.90 Å². The summed E-state index contributed by atoms with van der Waals surface area (Å²) in [5.74, 6) is -0.260. The van der Waals surface area contributed by atoms with Gasteiger partial charge in [0.25, 0.3) is 0 Å². The summed E-state index contributed by atoms with van der Waals surface area (Å²) in [5, 5.41) is 6.77. The third-order valence-corrected chi connectivity index (χ3v) is 11.0. The molecule has 0 fully saturated rings. The number of para-hydroxylation sites is 3. The summed E-state index contributed by atoms with van der Waals surface area (Å²) in [6.45, 7) is 0. The van der Waals surface area contributed by atoms with Gasteiger partial charge in [-0.1, -0.05) is 121 Å². The molecular weight excluding hydrogens is 688 g/mol. The van der Waals surface area contributed by atoms with E-state index in [-0.39, 0.29) is 5.82 Å². The lowest BCUT2D eigenvalue weighted by Crippen LogP contribution is -2.10. The molecule has 11 rings (SSSR count). The van der Waals surface area contributed by atoms with Gasteiger partial charge in [-0.3, -0.25) is 0 Å². The van der Waals surface area contributed by atoms with Gasteiger partial charge in [0.05, 0.1) is 11.0 Å². The molecule has 0 aliphatic heterocycles. The van der Waals surface area contributed by atoms with Crippen LogP contribution in [0.5, 0.6) is 0 Å². The summed E-state index contributed by atoms with van der Waals surface area (Å²) < 4.78 is 23.4. The molecule has 0 aliphatic rings. The first kappa shape index (κ1) is 32.0. The molecule has 2 heterocycles. The Morgan fingerprint density at radius 1 is 0.411 bits per heavy atom. The molecule has 0 aliphatic carbocycles. The minimum Gasteiger partial charge on any atom is -0.455 e. The summed E-state index contributed by atoms with van der Waals surface area (Å²) >= 11 is 0. The molecule has 9 aromatic carbocycles. The van der Waals surface area contributed by atoms with Crippen molar-refractivity contribution in [2.24, 2.45) is 0 Å². The number of aromatic nitrogens is 1. The summed E-state index contributed by atoms with van der Waals surface area (Å²) in [5.41, 5.74) is 12.0. The molecule has 56 heavy (non-hydrogen) atoms. The van der Waals surface area contributed by atoms with Crippen molar-refractivity contribution in [3.8, 4) is 27.9 Å². The largest absolute Gasteiger partial charge is 0.455 e. The number of furan rings is 1. The first-order valence-electron chi connectivity index (χ1n) is 18.9. The number of nitrogens with zero attached hydrogens (tertiary/aromatic N) is 2. The van der Waals surface area contributed by atoms with Crippen molar-refractivity contribution in [2.75, 3.05) is 4.90 Å². The minimum atomic E-state index is -0.260. The van der Waals surface area contributed by atoms with Crippen LogP contribution in [0.25, 0.3) is 82.5 Å². The van der Waals surface area contributed by atoms with Gasteiger partial charge in [0.15, 0.2) is 0 Å². The van der Waals surface area contributed by atoms with Crippen LogP contribution in [0.15, 0.2) is 205 Å². The van der Waals surface area contributed by atoms with Gasteiger partial charge in [-0.25, -0.2) is 4.39 Å². The quantitative estimate of drug-likeness (QED) is 0.171. The first-order valence-corrected chi connectivity index (χ1v) is 18.9. The molecular formula is C52H33FN2O. The molecule has 0 saturated carbocycles. The topological polar surface area (TPSA) is 21.3 Å². The van der Waals surface area contributed by atoms with E-state index in [4.69, 9.17) is 4.42 Å². The molecule has 3 nitrogen and oxygen atoms in total. The molecule has 264 valence electrons. The van der Waals surface area contributed by atoms with Crippen LogP contribution in [0.1, 0.15) is 0 Å². The Labute approximate surface area is 322 Å². The molecule has 0 unspecified atom stereocenters. The van der Waals surface area contributed by atoms with E-state index in [1.54, 1.807) is 6.07 Å². The summed E-state index contributed by atoms with van der Waals surface area (Å²) in [7, 11) is 0. The van der Waals surface area contributed by atoms with Crippen molar-refractivity contribution in [3.05, 3.63) is 206 Å². The lowest BCUT2D eigenvalue weighted by atomic mass is 10.0. The Hall–Kier alpha value is -7.43. The van der Waals surface area contributed by atoms with E-state index in [0.29, 0.717) is 0 Å². The van der Waals surface area contributed by atoms with E-state index < -0.39 is 0 Å². The standard InChI is InChI=1S/C52H33FN2O/c53-39-25-30-46-45-13-3-5-17-49(45)55(50(46)32-39)43-12-7-11-42(33-43)54(40-26-21-35(22-27-40)38-20-19-34-9-1-2-10-37(34)31-38)41-28-23-36(24-29-41)44-15-8-16-48-47-14-4-6-18-51(47)56-52(44)48/h1-33H. The van der Waals surface area contributed by atoms with Gasteiger partial charge >= 0.3 is 0 Å². The fourth-order valence-electron chi connectivity index (χ4n) is 8.38. The van der Waals surface area contributed by atoms with Gasteiger partial charge in [0.1, 0.15) is 17.0 Å².